The van der Waals surface area contributed by atoms with Gasteiger partial charge in [0.25, 0.3) is 0 Å². The highest BCUT2D eigenvalue weighted by Crippen LogP contribution is 2.23. The zero-order valence-electron chi connectivity index (χ0n) is 8.83. The number of hydrogen-bond acceptors (Lipinski definition) is 3. The number of nitrogens with two attached hydrogens (primary N) is 1. The molecule has 2 N–H and O–H groups in total. The van der Waals surface area contributed by atoms with E-state index in [0.717, 1.165) is 32.3 Å². The molecular formula is C10H22N2O. The molecule has 1 rings (SSSR count). The summed E-state index contributed by atoms with van der Waals surface area (Å²) >= 11 is 0. The van der Waals surface area contributed by atoms with Crippen LogP contribution in [0.25, 0.3) is 0 Å². The van der Waals surface area contributed by atoms with E-state index in [9.17, 15) is 0 Å². The van der Waals surface area contributed by atoms with Crippen LogP contribution in [0.15, 0.2) is 0 Å². The van der Waals surface area contributed by atoms with E-state index in [1.807, 2.05) is 6.92 Å². The highest BCUT2D eigenvalue weighted by molar-refractivity contribution is 4.89. The molecule has 0 bridgehead atoms. The van der Waals surface area contributed by atoms with Crippen molar-refractivity contribution in [3.63, 3.8) is 0 Å². The molecule has 13 heavy (non-hydrogen) atoms. The molecule has 1 aliphatic carbocycles. The van der Waals surface area contributed by atoms with Crippen LogP contribution < -0.4 is 5.73 Å². The van der Waals surface area contributed by atoms with Crippen LogP contribution in [0, 0.1) is 0 Å². The first-order chi connectivity index (χ1) is 6.27. The van der Waals surface area contributed by atoms with Crippen LogP contribution in [0.1, 0.15) is 26.7 Å². The Morgan fingerprint density at radius 3 is 2.54 bits per heavy atom. The number of rotatable bonds is 6. The topological polar surface area (TPSA) is 38.5 Å². The van der Waals surface area contributed by atoms with Gasteiger partial charge in [-0.2, -0.15) is 0 Å². The Balaban J connectivity index is 2.11. The van der Waals surface area contributed by atoms with Crippen molar-refractivity contribution in [3.05, 3.63) is 0 Å². The van der Waals surface area contributed by atoms with Gasteiger partial charge in [0.2, 0.25) is 0 Å². The average Bonchev–Trinajstić information content (AvgIpc) is 2.08. The number of nitrogens with zero attached hydrogens (tertiary/aromatic N) is 1. The Kier molecular flexibility index (Phi) is 4.70. The van der Waals surface area contributed by atoms with E-state index in [1.165, 1.54) is 12.8 Å². The molecule has 0 aromatic heterocycles. The third-order valence-electron chi connectivity index (χ3n) is 2.80. The molecule has 0 unspecified atom stereocenters. The monoisotopic (exact) mass is 186 g/mol. The third-order valence-corrected chi connectivity index (χ3v) is 2.80. The molecule has 78 valence electrons. The van der Waals surface area contributed by atoms with Gasteiger partial charge in [-0.3, -0.25) is 4.90 Å². The van der Waals surface area contributed by atoms with Gasteiger partial charge in [0.15, 0.2) is 0 Å². The van der Waals surface area contributed by atoms with Crippen LogP contribution >= 0.6 is 0 Å². The van der Waals surface area contributed by atoms with E-state index in [0.29, 0.717) is 6.04 Å². The lowest BCUT2D eigenvalue weighted by atomic mass is 9.86. The first kappa shape index (κ1) is 11.0. The normalized spacial score (nSPS) is 27.7. The molecule has 0 atom stereocenters. The zero-order valence-corrected chi connectivity index (χ0v) is 8.83. The van der Waals surface area contributed by atoms with E-state index < -0.39 is 0 Å². The molecule has 3 heteroatoms. The lowest BCUT2D eigenvalue weighted by Gasteiger charge is -2.40. The van der Waals surface area contributed by atoms with Gasteiger partial charge in [-0.25, -0.2) is 0 Å². The van der Waals surface area contributed by atoms with E-state index >= 15 is 0 Å². The molecule has 0 heterocycles. The average molecular weight is 186 g/mol. The van der Waals surface area contributed by atoms with Crippen molar-refractivity contribution in [1.29, 1.82) is 0 Å². The van der Waals surface area contributed by atoms with E-state index in [4.69, 9.17) is 10.5 Å². The molecule has 0 aliphatic heterocycles. The summed E-state index contributed by atoms with van der Waals surface area (Å²) in [7, 11) is 0. The molecule has 0 spiro atoms. The van der Waals surface area contributed by atoms with Crippen molar-refractivity contribution in [1.82, 2.24) is 4.90 Å². The maximum absolute atomic E-state index is 5.76. The molecule has 0 amide bonds. The van der Waals surface area contributed by atoms with Gasteiger partial charge < -0.3 is 10.5 Å². The smallest absolute Gasteiger partial charge is 0.0593 e. The lowest BCUT2D eigenvalue weighted by Crippen LogP contribution is -2.51. The molecule has 3 nitrogen and oxygen atoms in total. The van der Waals surface area contributed by atoms with Gasteiger partial charge in [0, 0.05) is 25.2 Å². The summed E-state index contributed by atoms with van der Waals surface area (Å²) in [6.45, 7) is 8.09. The fourth-order valence-corrected chi connectivity index (χ4v) is 1.85. The minimum atomic E-state index is 0.450. The van der Waals surface area contributed by atoms with Crippen LogP contribution in [-0.4, -0.2) is 43.3 Å². The Hall–Kier alpha value is -0.120. The second-order valence-electron chi connectivity index (χ2n) is 3.71. The van der Waals surface area contributed by atoms with Crippen LogP contribution in [0.4, 0.5) is 0 Å². The fraction of sp³-hybridized carbons (Fsp3) is 1.00. The van der Waals surface area contributed by atoms with Crippen LogP contribution in [0.3, 0.4) is 0 Å². The summed E-state index contributed by atoms with van der Waals surface area (Å²) in [6, 6.07) is 1.17. The van der Waals surface area contributed by atoms with E-state index in [2.05, 4.69) is 11.8 Å². The van der Waals surface area contributed by atoms with Crippen molar-refractivity contribution >= 4 is 0 Å². The first-order valence-electron chi connectivity index (χ1n) is 5.35. The van der Waals surface area contributed by atoms with E-state index in [-0.39, 0.29) is 0 Å². The Morgan fingerprint density at radius 1 is 1.38 bits per heavy atom. The first-order valence-corrected chi connectivity index (χ1v) is 5.35. The quantitative estimate of drug-likeness (QED) is 0.625. The maximum atomic E-state index is 5.76. The predicted molar refractivity (Wildman–Crippen MR) is 54.7 cm³/mol. The van der Waals surface area contributed by atoms with Gasteiger partial charge in [0.1, 0.15) is 0 Å². The Labute approximate surface area is 81.2 Å². The molecule has 0 aromatic rings. The van der Waals surface area contributed by atoms with Gasteiger partial charge in [-0.1, -0.05) is 6.92 Å². The Bertz CT molecular complexity index is 135. The number of ether oxygens (including phenoxy) is 1. The summed E-state index contributed by atoms with van der Waals surface area (Å²) in [5, 5.41) is 0. The standard InChI is InChI=1S/C10H22N2O/c1-3-12(5-6-13-4-2)10-7-9(11)8-10/h9-10H,3-8,11H2,1-2H3. The minimum absolute atomic E-state index is 0.450. The van der Waals surface area contributed by atoms with Gasteiger partial charge in [0.05, 0.1) is 6.61 Å². The van der Waals surface area contributed by atoms with Crippen molar-refractivity contribution in [2.75, 3.05) is 26.3 Å². The van der Waals surface area contributed by atoms with Crippen molar-refractivity contribution in [2.24, 2.45) is 5.73 Å². The fourth-order valence-electron chi connectivity index (χ4n) is 1.85. The summed E-state index contributed by atoms with van der Waals surface area (Å²) in [6.07, 6.45) is 2.33. The largest absolute Gasteiger partial charge is 0.380 e. The third kappa shape index (κ3) is 3.25. The predicted octanol–water partition coefficient (Wildman–Crippen LogP) is 0.835. The highest BCUT2D eigenvalue weighted by Gasteiger charge is 2.29. The second kappa shape index (κ2) is 5.58. The van der Waals surface area contributed by atoms with Crippen LogP contribution in [0.2, 0.25) is 0 Å². The molecule has 0 aromatic carbocycles. The van der Waals surface area contributed by atoms with E-state index in [1.54, 1.807) is 0 Å². The summed E-state index contributed by atoms with van der Waals surface area (Å²) in [5.41, 5.74) is 5.76. The number of hydrogen-bond donors (Lipinski definition) is 1. The number of likely N-dealkylation sites (N-methyl/N-ethyl adjacent to an activating group) is 1. The highest BCUT2D eigenvalue weighted by atomic mass is 16.5. The van der Waals surface area contributed by atoms with Crippen LogP contribution in [0.5, 0.6) is 0 Å². The van der Waals surface area contributed by atoms with Crippen molar-refractivity contribution in [2.45, 2.75) is 38.8 Å². The summed E-state index contributed by atoms with van der Waals surface area (Å²) in [4.78, 5) is 2.47. The van der Waals surface area contributed by atoms with Gasteiger partial charge in [-0.05, 0) is 26.3 Å². The SMILES string of the molecule is CCOCCN(CC)C1CC(N)C1. The van der Waals surface area contributed by atoms with Gasteiger partial charge >= 0.3 is 0 Å². The molecule has 1 fully saturated rings. The molecule has 1 aliphatic rings. The molecule has 0 saturated heterocycles. The summed E-state index contributed by atoms with van der Waals surface area (Å²) < 4.78 is 5.34. The zero-order chi connectivity index (χ0) is 9.68. The second-order valence-corrected chi connectivity index (χ2v) is 3.71. The molecule has 1 saturated carbocycles. The molecular weight excluding hydrogens is 164 g/mol. The van der Waals surface area contributed by atoms with Crippen molar-refractivity contribution in [3.8, 4) is 0 Å². The minimum Gasteiger partial charge on any atom is -0.380 e. The summed E-state index contributed by atoms with van der Waals surface area (Å²) in [5.74, 6) is 0. The van der Waals surface area contributed by atoms with Crippen LogP contribution in [-0.2, 0) is 4.74 Å². The Morgan fingerprint density at radius 2 is 2.08 bits per heavy atom. The lowest BCUT2D eigenvalue weighted by molar-refractivity contribution is 0.0651. The van der Waals surface area contributed by atoms with Gasteiger partial charge in [-0.15, -0.1) is 0 Å². The van der Waals surface area contributed by atoms with Crippen molar-refractivity contribution < 1.29 is 4.74 Å². The molecule has 0 radical (unpaired) electrons. The maximum Gasteiger partial charge on any atom is 0.0593 e.